The molecule has 1 aromatic rings. The third-order valence-corrected chi connectivity index (χ3v) is 11.5. The van der Waals surface area contributed by atoms with Crippen molar-refractivity contribution in [2.75, 3.05) is 0 Å². The molecule has 2 heteroatoms. The summed E-state index contributed by atoms with van der Waals surface area (Å²) in [5.41, 5.74) is 3.12. The molecule has 0 N–H and O–H groups in total. The van der Waals surface area contributed by atoms with Crippen LogP contribution in [0.15, 0.2) is 42.0 Å². The van der Waals surface area contributed by atoms with E-state index in [1.54, 1.807) is 5.57 Å². The predicted molar refractivity (Wildman–Crippen MR) is 149 cm³/mol. The van der Waals surface area contributed by atoms with Gasteiger partial charge in [0.05, 0.1) is 5.56 Å². The maximum Gasteiger partial charge on any atom is 0.338 e. The SMILES string of the molecule is CC(C)CCC[C@@H](C)[C@@H]1CC[C@@H]2[C@H]3CC=C4C[C@@H](OC(=O)c5ccccc5)CC[C@]4(C)[C@@H]3CC[C@@]21C. The molecular formula is C34H50O2. The number of hydrogen-bond acceptors (Lipinski definition) is 2. The first-order chi connectivity index (χ1) is 17.2. The number of esters is 1. The molecule has 0 unspecified atom stereocenters. The average molecular weight is 491 g/mol. The fourth-order valence-electron chi connectivity index (χ4n) is 9.55. The Bertz CT molecular complexity index is 947. The van der Waals surface area contributed by atoms with E-state index in [4.69, 9.17) is 4.74 Å². The molecule has 3 fully saturated rings. The van der Waals surface area contributed by atoms with Gasteiger partial charge in [0.1, 0.15) is 6.10 Å². The minimum atomic E-state index is -0.161. The summed E-state index contributed by atoms with van der Waals surface area (Å²) in [5, 5.41) is 0. The van der Waals surface area contributed by atoms with Gasteiger partial charge < -0.3 is 4.74 Å². The Morgan fingerprint density at radius 2 is 1.75 bits per heavy atom. The molecule has 0 amide bonds. The van der Waals surface area contributed by atoms with Crippen LogP contribution in [0.2, 0.25) is 0 Å². The Balaban J connectivity index is 1.25. The first-order valence-electron chi connectivity index (χ1n) is 15.2. The zero-order valence-electron chi connectivity index (χ0n) is 23.6. The van der Waals surface area contributed by atoms with Crippen LogP contribution < -0.4 is 0 Å². The zero-order chi connectivity index (χ0) is 25.5. The molecule has 0 heterocycles. The molecule has 0 aromatic heterocycles. The Kier molecular flexibility index (Phi) is 7.45. The van der Waals surface area contributed by atoms with Gasteiger partial charge in [-0.25, -0.2) is 4.79 Å². The molecule has 0 radical (unpaired) electrons. The summed E-state index contributed by atoms with van der Waals surface area (Å²) in [6, 6.07) is 9.49. The van der Waals surface area contributed by atoms with E-state index in [-0.39, 0.29) is 12.1 Å². The quantitative estimate of drug-likeness (QED) is 0.281. The van der Waals surface area contributed by atoms with Crippen LogP contribution >= 0.6 is 0 Å². The molecule has 0 aliphatic heterocycles. The Hall–Kier alpha value is -1.57. The number of hydrogen-bond donors (Lipinski definition) is 0. The van der Waals surface area contributed by atoms with Crippen molar-refractivity contribution in [2.24, 2.45) is 46.3 Å². The van der Waals surface area contributed by atoms with Crippen LogP contribution in [0.3, 0.4) is 0 Å². The van der Waals surface area contributed by atoms with E-state index in [1.165, 1.54) is 57.8 Å². The third-order valence-electron chi connectivity index (χ3n) is 11.5. The fourth-order valence-corrected chi connectivity index (χ4v) is 9.55. The van der Waals surface area contributed by atoms with Crippen molar-refractivity contribution in [1.29, 1.82) is 0 Å². The summed E-state index contributed by atoms with van der Waals surface area (Å²) in [4.78, 5) is 12.7. The number of ether oxygens (including phenoxy) is 1. The minimum absolute atomic E-state index is 0.0324. The smallest absolute Gasteiger partial charge is 0.338 e. The third kappa shape index (κ3) is 4.71. The number of fused-ring (bicyclic) bond motifs is 5. The number of allylic oxidation sites excluding steroid dienone is 1. The van der Waals surface area contributed by atoms with Crippen LogP contribution in [0.5, 0.6) is 0 Å². The first-order valence-corrected chi connectivity index (χ1v) is 15.2. The maximum absolute atomic E-state index is 12.7. The highest BCUT2D eigenvalue weighted by Gasteiger charge is 2.59. The Morgan fingerprint density at radius 1 is 0.972 bits per heavy atom. The van der Waals surface area contributed by atoms with Crippen molar-refractivity contribution in [3.8, 4) is 0 Å². The molecule has 3 saturated carbocycles. The van der Waals surface area contributed by atoms with Gasteiger partial charge in [-0.3, -0.25) is 0 Å². The van der Waals surface area contributed by atoms with Crippen LogP contribution in [0.25, 0.3) is 0 Å². The van der Waals surface area contributed by atoms with Crippen molar-refractivity contribution < 1.29 is 9.53 Å². The van der Waals surface area contributed by atoms with Gasteiger partial charge in [-0.2, -0.15) is 0 Å². The Labute approximate surface area is 220 Å². The van der Waals surface area contributed by atoms with Gasteiger partial charge in [0, 0.05) is 6.42 Å². The lowest BCUT2D eigenvalue weighted by molar-refractivity contribution is -0.0594. The van der Waals surface area contributed by atoms with Gasteiger partial charge in [0.25, 0.3) is 0 Å². The lowest BCUT2D eigenvalue weighted by Crippen LogP contribution is -2.51. The number of benzene rings is 1. The summed E-state index contributed by atoms with van der Waals surface area (Å²) in [6.07, 6.45) is 17.0. The molecule has 5 rings (SSSR count). The summed E-state index contributed by atoms with van der Waals surface area (Å²) < 4.78 is 6.00. The molecule has 198 valence electrons. The first kappa shape index (κ1) is 26.1. The van der Waals surface area contributed by atoms with Crippen LogP contribution in [-0.2, 0) is 4.74 Å². The Morgan fingerprint density at radius 3 is 2.50 bits per heavy atom. The number of carbonyl (C=O) groups excluding carboxylic acids is 1. The lowest BCUT2D eigenvalue weighted by atomic mass is 9.47. The van der Waals surface area contributed by atoms with Crippen molar-refractivity contribution in [3.63, 3.8) is 0 Å². The summed E-state index contributed by atoms with van der Waals surface area (Å²) in [7, 11) is 0. The standard InChI is InChI=1S/C34H50O2/c1-23(2)10-9-11-24(3)29-16-17-30-28-15-14-26-22-27(36-32(35)25-12-7-6-8-13-25)18-20-33(26,4)31(28)19-21-34(29,30)5/h6-8,12-14,23-24,27-31H,9-11,15-22H2,1-5H3/t24-,27+,28-,29+,30-,31-,33+,34-/m1/s1. The van der Waals surface area contributed by atoms with Crippen molar-refractivity contribution in [1.82, 2.24) is 0 Å². The summed E-state index contributed by atoms with van der Waals surface area (Å²) >= 11 is 0. The molecule has 36 heavy (non-hydrogen) atoms. The average Bonchev–Trinajstić information content (AvgIpc) is 3.22. The molecule has 8 atom stereocenters. The fraction of sp³-hybridized carbons (Fsp3) is 0.735. The van der Waals surface area contributed by atoms with Crippen molar-refractivity contribution in [3.05, 3.63) is 47.5 Å². The molecular weight excluding hydrogens is 440 g/mol. The highest BCUT2D eigenvalue weighted by Crippen LogP contribution is 2.67. The van der Waals surface area contributed by atoms with Gasteiger partial charge in [-0.05, 0) is 103 Å². The van der Waals surface area contributed by atoms with Gasteiger partial charge in [0.15, 0.2) is 0 Å². The van der Waals surface area contributed by atoms with E-state index in [0.717, 1.165) is 48.3 Å². The highest BCUT2D eigenvalue weighted by atomic mass is 16.5. The van der Waals surface area contributed by atoms with E-state index in [9.17, 15) is 4.79 Å². The molecule has 4 aliphatic rings. The number of carbonyl (C=O) groups is 1. The van der Waals surface area contributed by atoms with Gasteiger partial charge >= 0.3 is 5.97 Å². The molecule has 0 saturated heterocycles. The second-order valence-electron chi connectivity index (χ2n) is 13.9. The topological polar surface area (TPSA) is 26.3 Å². The largest absolute Gasteiger partial charge is 0.458 e. The molecule has 0 bridgehead atoms. The lowest BCUT2D eigenvalue weighted by Gasteiger charge is -2.58. The minimum Gasteiger partial charge on any atom is -0.458 e. The van der Waals surface area contributed by atoms with E-state index in [2.05, 4.69) is 40.7 Å². The van der Waals surface area contributed by atoms with Crippen LogP contribution in [0, 0.1) is 46.3 Å². The van der Waals surface area contributed by atoms with E-state index in [0.29, 0.717) is 16.4 Å². The molecule has 2 nitrogen and oxygen atoms in total. The maximum atomic E-state index is 12.7. The van der Waals surface area contributed by atoms with Crippen molar-refractivity contribution >= 4 is 5.97 Å². The predicted octanol–water partition coefficient (Wildman–Crippen LogP) is 9.25. The molecule has 4 aliphatic carbocycles. The molecule has 1 aromatic carbocycles. The van der Waals surface area contributed by atoms with E-state index < -0.39 is 0 Å². The van der Waals surface area contributed by atoms with E-state index >= 15 is 0 Å². The molecule has 0 spiro atoms. The number of rotatable bonds is 7. The van der Waals surface area contributed by atoms with Gasteiger partial charge in [0.2, 0.25) is 0 Å². The summed E-state index contributed by atoms with van der Waals surface area (Å²) in [5.74, 6) is 5.03. The second-order valence-corrected chi connectivity index (χ2v) is 13.9. The van der Waals surface area contributed by atoms with Crippen LogP contribution in [0.4, 0.5) is 0 Å². The van der Waals surface area contributed by atoms with Crippen LogP contribution in [0.1, 0.15) is 116 Å². The monoisotopic (exact) mass is 490 g/mol. The van der Waals surface area contributed by atoms with Gasteiger partial charge in [-0.1, -0.05) is 83.7 Å². The highest BCUT2D eigenvalue weighted by molar-refractivity contribution is 5.89. The van der Waals surface area contributed by atoms with Gasteiger partial charge in [-0.15, -0.1) is 0 Å². The zero-order valence-corrected chi connectivity index (χ0v) is 23.6. The summed E-state index contributed by atoms with van der Waals surface area (Å²) in [6.45, 7) is 12.6. The van der Waals surface area contributed by atoms with Crippen LogP contribution in [-0.4, -0.2) is 12.1 Å². The van der Waals surface area contributed by atoms with E-state index in [1.807, 2.05) is 30.3 Å². The second kappa shape index (κ2) is 10.3. The van der Waals surface area contributed by atoms with Crippen molar-refractivity contribution in [2.45, 2.75) is 111 Å². The normalized spacial score (nSPS) is 38.5.